The Morgan fingerprint density at radius 3 is 2.89 bits per heavy atom. The molecule has 0 aliphatic rings. The van der Waals surface area contributed by atoms with E-state index in [0.29, 0.717) is 22.8 Å². The zero-order valence-electron chi connectivity index (χ0n) is 9.87. The normalized spacial score (nSPS) is 11.6. The second-order valence-corrected chi connectivity index (χ2v) is 3.82. The fraction of sp³-hybridized carbons (Fsp3) is 0.143. The van der Waals surface area contributed by atoms with Crippen LogP contribution in [0.5, 0.6) is 11.6 Å². The van der Waals surface area contributed by atoms with Crippen LogP contribution >= 0.6 is 0 Å². The molecule has 0 radical (unpaired) electrons. The summed E-state index contributed by atoms with van der Waals surface area (Å²) in [5, 5.41) is 18.4. The number of hydrogen-bond acceptors (Lipinski definition) is 4. The van der Waals surface area contributed by atoms with Gasteiger partial charge in [-0.15, -0.1) is 0 Å². The van der Waals surface area contributed by atoms with Crippen LogP contribution in [0.3, 0.4) is 0 Å². The predicted octanol–water partition coefficient (Wildman–Crippen LogP) is 2.80. The Kier molecular flexibility index (Phi) is 3.56. The van der Waals surface area contributed by atoms with Crippen molar-refractivity contribution in [1.82, 2.24) is 4.98 Å². The van der Waals surface area contributed by atoms with E-state index in [-0.39, 0.29) is 0 Å². The first kappa shape index (κ1) is 12.1. The molecule has 2 rings (SSSR count). The van der Waals surface area contributed by atoms with E-state index in [9.17, 15) is 5.11 Å². The molecule has 0 aliphatic carbocycles. The van der Waals surface area contributed by atoms with Gasteiger partial charge in [0.05, 0.1) is 17.7 Å². The fourth-order valence-corrected chi connectivity index (χ4v) is 1.55. The lowest BCUT2D eigenvalue weighted by molar-refractivity contribution is 0.194. The first-order chi connectivity index (χ1) is 8.70. The van der Waals surface area contributed by atoms with Gasteiger partial charge in [-0.05, 0) is 37.3 Å². The summed E-state index contributed by atoms with van der Waals surface area (Å²) in [5.41, 5.74) is 1.13. The molecule has 0 aliphatic heterocycles. The highest BCUT2D eigenvalue weighted by molar-refractivity contribution is 5.39. The summed E-state index contributed by atoms with van der Waals surface area (Å²) in [4.78, 5) is 4.09. The standard InChI is InChI=1S/C14H12N2O2/c1-10(17)13-6-3-7-16-14(13)18-12-5-2-4-11(8-12)9-15/h2-8,10,17H,1H3. The van der Waals surface area contributed by atoms with Gasteiger partial charge in [-0.2, -0.15) is 5.26 Å². The summed E-state index contributed by atoms with van der Waals surface area (Å²) >= 11 is 0. The lowest BCUT2D eigenvalue weighted by atomic mass is 10.2. The minimum Gasteiger partial charge on any atom is -0.439 e. The van der Waals surface area contributed by atoms with Crippen LogP contribution in [0.2, 0.25) is 0 Å². The first-order valence-electron chi connectivity index (χ1n) is 5.51. The van der Waals surface area contributed by atoms with Gasteiger partial charge in [0.2, 0.25) is 5.88 Å². The van der Waals surface area contributed by atoms with Gasteiger partial charge >= 0.3 is 0 Å². The molecule has 18 heavy (non-hydrogen) atoms. The van der Waals surface area contributed by atoms with Crippen molar-refractivity contribution in [1.29, 1.82) is 5.26 Å². The number of hydrogen-bond donors (Lipinski definition) is 1. The Balaban J connectivity index is 2.31. The average Bonchev–Trinajstić information content (AvgIpc) is 2.39. The maximum Gasteiger partial charge on any atom is 0.225 e. The molecule has 1 N–H and O–H groups in total. The third-order valence-corrected chi connectivity index (χ3v) is 2.43. The molecule has 0 spiro atoms. The summed E-state index contributed by atoms with van der Waals surface area (Å²) in [6.45, 7) is 1.65. The van der Waals surface area contributed by atoms with Crippen LogP contribution in [0.15, 0.2) is 42.6 Å². The second-order valence-electron chi connectivity index (χ2n) is 3.82. The highest BCUT2D eigenvalue weighted by Crippen LogP contribution is 2.27. The minimum absolute atomic E-state index is 0.350. The Morgan fingerprint density at radius 1 is 1.33 bits per heavy atom. The van der Waals surface area contributed by atoms with Crippen LogP contribution in [0.4, 0.5) is 0 Å². The van der Waals surface area contributed by atoms with Gasteiger partial charge in [0, 0.05) is 11.8 Å². The highest BCUT2D eigenvalue weighted by Gasteiger charge is 2.10. The zero-order chi connectivity index (χ0) is 13.0. The van der Waals surface area contributed by atoms with Gasteiger partial charge in [0.1, 0.15) is 5.75 Å². The molecule has 0 amide bonds. The van der Waals surface area contributed by atoms with Crippen molar-refractivity contribution in [3.63, 3.8) is 0 Å². The van der Waals surface area contributed by atoms with Crippen molar-refractivity contribution in [3.05, 3.63) is 53.7 Å². The summed E-state index contributed by atoms with van der Waals surface area (Å²) in [7, 11) is 0. The molecule has 1 aromatic heterocycles. The summed E-state index contributed by atoms with van der Waals surface area (Å²) in [5.74, 6) is 0.872. The molecule has 1 atom stereocenters. The van der Waals surface area contributed by atoms with Gasteiger partial charge < -0.3 is 9.84 Å². The number of nitrogens with zero attached hydrogens (tertiary/aromatic N) is 2. The van der Waals surface area contributed by atoms with Crippen LogP contribution in [0.25, 0.3) is 0 Å². The minimum atomic E-state index is -0.659. The smallest absolute Gasteiger partial charge is 0.225 e. The topological polar surface area (TPSA) is 66.1 Å². The van der Waals surface area contributed by atoms with E-state index in [2.05, 4.69) is 4.98 Å². The van der Waals surface area contributed by atoms with Gasteiger partial charge in [-0.25, -0.2) is 4.98 Å². The molecule has 2 aromatic rings. The Morgan fingerprint density at radius 2 is 2.17 bits per heavy atom. The Bertz CT molecular complexity index is 588. The van der Waals surface area contributed by atoms with Gasteiger partial charge in [-0.3, -0.25) is 0 Å². The van der Waals surface area contributed by atoms with E-state index in [1.54, 1.807) is 49.5 Å². The van der Waals surface area contributed by atoms with Gasteiger partial charge in [0.25, 0.3) is 0 Å². The lowest BCUT2D eigenvalue weighted by Gasteiger charge is -2.11. The molecule has 0 saturated carbocycles. The number of aromatic nitrogens is 1. The van der Waals surface area contributed by atoms with E-state index in [4.69, 9.17) is 10.00 Å². The molecule has 4 heteroatoms. The largest absolute Gasteiger partial charge is 0.439 e. The van der Waals surface area contributed by atoms with E-state index in [1.807, 2.05) is 6.07 Å². The Hall–Kier alpha value is -2.38. The third kappa shape index (κ3) is 2.65. The van der Waals surface area contributed by atoms with Crippen LogP contribution < -0.4 is 4.74 Å². The fourth-order valence-electron chi connectivity index (χ4n) is 1.55. The quantitative estimate of drug-likeness (QED) is 0.895. The number of rotatable bonds is 3. The number of pyridine rings is 1. The van der Waals surface area contributed by atoms with Crippen molar-refractivity contribution >= 4 is 0 Å². The van der Waals surface area contributed by atoms with Crippen molar-refractivity contribution in [3.8, 4) is 17.7 Å². The number of nitriles is 1. The lowest BCUT2D eigenvalue weighted by Crippen LogP contribution is -1.98. The molecule has 1 unspecified atom stereocenters. The van der Waals surface area contributed by atoms with Gasteiger partial charge in [-0.1, -0.05) is 6.07 Å². The molecule has 90 valence electrons. The number of aliphatic hydroxyl groups is 1. The first-order valence-corrected chi connectivity index (χ1v) is 5.51. The Labute approximate surface area is 105 Å². The highest BCUT2D eigenvalue weighted by atomic mass is 16.5. The molecular weight excluding hydrogens is 228 g/mol. The average molecular weight is 240 g/mol. The summed E-state index contributed by atoms with van der Waals surface area (Å²) in [6, 6.07) is 12.3. The van der Waals surface area contributed by atoms with E-state index in [0.717, 1.165) is 0 Å². The van der Waals surface area contributed by atoms with Crippen LogP contribution in [0, 0.1) is 11.3 Å². The molecule has 0 saturated heterocycles. The zero-order valence-corrected chi connectivity index (χ0v) is 9.87. The predicted molar refractivity (Wildman–Crippen MR) is 66.1 cm³/mol. The molecule has 0 fully saturated rings. The third-order valence-electron chi connectivity index (χ3n) is 2.43. The van der Waals surface area contributed by atoms with Crippen molar-refractivity contribution in [2.45, 2.75) is 13.0 Å². The molecule has 1 aromatic carbocycles. The van der Waals surface area contributed by atoms with E-state index >= 15 is 0 Å². The number of benzene rings is 1. The van der Waals surface area contributed by atoms with Crippen molar-refractivity contribution < 1.29 is 9.84 Å². The SMILES string of the molecule is CC(O)c1cccnc1Oc1cccc(C#N)c1. The van der Waals surface area contributed by atoms with Crippen LogP contribution in [0.1, 0.15) is 24.2 Å². The second kappa shape index (κ2) is 5.30. The number of aliphatic hydroxyl groups excluding tert-OH is 1. The van der Waals surface area contributed by atoms with Crippen LogP contribution in [-0.4, -0.2) is 10.1 Å². The van der Waals surface area contributed by atoms with E-state index in [1.165, 1.54) is 0 Å². The van der Waals surface area contributed by atoms with E-state index < -0.39 is 6.10 Å². The molecule has 1 heterocycles. The molecule has 4 nitrogen and oxygen atoms in total. The van der Waals surface area contributed by atoms with Crippen molar-refractivity contribution in [2.75, 3.05) is 0 Å². The van der Waals surface area contributed by atoms with Crippen LogP contribution in [-0.2, 0) is 0 Å². The maximum atomic E-state index is 9.61. The maximum absolute atomic E-state index is 9.61. The monoisotopic (exact) mass is 240 g/mol. The summed E-state index contributed by atoms with van der Waals surface area (Å²) in [6.07, 6.45) is 0.933. The number of ether oxygens (including phenoxy) is 1. The van der Waals surface area contributed by atoms with Crippen molar-refractivity contribution in [2.24, 2.45) is 0 Å². The van der Waals surface area contributed by atoms with Gasteiger partial charge in [0.15, 0.2) is 0 Å². The summed E-state index contributed by atoms with van der Waals surface area (Å²) < 4.78 is 5.59. The molecule has 0 bridgehead atoms. The molecular formula is C14H12N2O2.